The molecule has 1 aliphatic rings. The molecule has 1 aromatic carbocycles. The number of carbonyl (C=O) groups excluding carboxylic acids is 1. The molecule has 0 N–H and O–H groups in total. The van der Waals surface area contributed by atoms with Gasteiger partial charge in [0.25, 0.3) is 0 Å². The van der Waals surface area contributed by atoms with E-state index in [2.05, 4.69) is 10.00 Å². The van der Waals surface area contributed by atoms with Crippen LogP contribution in [0.1, 0.15) is 28.0 Å². The fourth-order valence-electron chi connectivity index (χ4n) is 3.53. The first-order chi connectivity index (χ1) is 13.8. The summed E-state index contributed by atoms with van der Waals surface area (Å²) in [5.41, 5.74) is 1.88. The molecule has 1 saturated heterocycles. The Labute approximate surface area is 176 Å². The van der Waals surface area contributed by atoms with Gasteiger partial charge in [-0.2, -0.15) is 9.40 Å². The Morgan fingerprint density at radius 1 is 1.21 bits per heavy atom. The average molecular weight is 441 g/mol. The minimum atomic E-state index is -3.82. The van der Waals surface area contributed by atoms with Gasteiger partial charge in [0.05, 0.1) is 23.3 Å². The molecule has 0 unspecified atom stereocenters. The molecular formula is C19H25ClN4O4S. The molecule has 8 nitrogen and oxygen atoms in total. The summed E-state index contributed by atoms with van der Waals surface area (Å²) in [5.74, 6) is -0.665. The molecule has 10 heteroatoms. The monoisotopic (exact) mass is 440 g/mol. The second-order valence-corrected chi connectivity index (χ2v) is 9.26. The van der Waals surface area contributed by atoms with Crippen LogP contribution >= 0.6 is 11.6 Å². The quantitative estimate of drug-likeness (QED) is 0.662. The largest absolute Gasteiger partial charge is 0.465 e. The van der Waals surface area contributed by atoms with Gasteiger partial charge < -0.3 is 4.74 Å². The topological polar surface area (TPSA) is 84.7 Å². The lowest BCUT2D eigenvalue weighted by molar-refractivity contribution is 0.0596. The van der Waals surface area contributed by atoms with E-state index in [9.17, 15) is 13.2 Å². The molecule has 1 fully saturated rings. The van der Waals surface area contributed by atoms with Gasteiger partial charge in [0.1, 0.15) is 5.15 Å². The van der Waals surface area contributed by atoms with Crippen molar-refractivity contribution in [2.45, 2.75) is 24.8 Å². The summed E-state index contributed by atoms with van der Waals surface area (Å²) in [5, 5.41) is 4.94. The van der Waals surface area contributed by atoms with Gasteiger partial charge in [-0.15, -0.1) is 0 Å². The maximum Gasteiger partial charge on any atom is 0.339 e. The van der Waals surface area contributed by atoms with Gasteiger partial charge in [0.15, 0.2) is 0 Å². The summed E-state index contributed by atoms with van der Waals surface area (Å²) in [6, 6.07) is 6.14. The van der Waals surface area contributed by atoms with E-state index in [1.165, 1.54) is 23.5 Å². The van der Waals surface area contributed by atoms with Crippen LogP contribution in [0, 0.1) is 6.92 Å². The number of rotatable bonds is 5. The molecule has 3 rings (SSSR count). The predicted molar refractivity (Wildman–Crippen MR) is 109 cm³/mol. The van der Waals surface area contributed by atoms with Crippen LogP contribution in [0.3, 0.4) is 0 Å². The number of carbonyl (C=O) groups is 1. The van der Waals surface area contributed by atoms with Crippen LogP contribution in [0.2, 0.25) is 5.15 Å². The third kappa shape index (κ3) is 4.48. The number of halogens is 1. The Morgan fingerprint density at radius 2 is 1.93 bits per heavy atom. The van der Waals surface area contributed by atoms with Crippen LogP contribution < -0.4 is 0 Å². The van der Waals surface area contributed by atoms with Crippen LogP contribution in [0.25, 0.3) is 0 Å². The third-order valence-corrected chi connectivity index (χ3v) is 7.54. The van der Waals surface area contributed by atoms with Gasteiger partial charge in [-0.1, -0.05) is 23.7 Å². The molecular weight excluding hydrogens is 416 g/mol. The average Bonchev–Trinajstić information content (AvgIpc) is 2.88. The zero-order valence-electron chi connectivity index (χ0n) is 16.8. The van der Waals surface area contributed by atoms with Gasteiger partial charge in [0, 0.05) is 38.8 Å². The maximum absolute atomic E-state index is 13.2. The highest BCUT2D eigenvalue weighted by Gasteiger charge is 2.31. The van der Waals surface area contributed by atoms with Crippen LogP contribution in [0.4, 0.5) is 0 Å². The summed E-state index contributed by atoms with van der Waals surface area (Å²) >= 11 is 6.34. The van der Waals surface area contributed by atoms with Crippen LogP contribution in [0.5, 0.6) is 0 Å². The van der Waals surface area contributed by atoms with E-state index in [1.807, 2.05) is 6.92 Å². The Kier molecular flexibility index (Phi) is 6.62. The number of hydrogen-bond donors (Lipinski definition) is 0. The summed E-state index contributed by atoms with van der Waals surface area (Å²) in [6.45, 7) is 4.55. The van der Waals surface area contributed by atoms with Crippen molar-refractivity contribution in [2.75, 3.05) is 33.3 Å². The van der Waals surface area contributed by atoms with Crippen molar-refractivity contribution in [3.63, 3.8) is 0 Å². The molecule has 2 aromatic rings. The number of ether oxygens (including phenoxy) is 1. The normalized spacial score (nSPS) is 16.6. The SMILES string of the molecule is COC(=O)c1ccccc1S(=O)(=O)N1CCCN(Cc2c(C)nn(C)c2Cl)CC1. The lowest BCUT2D eigenvalue weighted by atomic mass is 10.2. The van der Waals surface area contributed by atoms with E-state index in [4.69, 9.17) is 16.3 Å². The zero-order chi connectivity index (χ0) is 21.2. The first-order valence-corrected chi connectivity index (χ1v) is 11.2. The third-order valence-electron chi connectivity index (χ3n) is 5.11. The molecule has 158 valence electrons. The Bertz CT molecular complexity index is 1010. The second kappa shape index (κ2) is 8.83. The number of esters is 1. The van der Waals surface area contributed by atoms with Gasteiger partial charge in [0.2, 0.25) is 10.0 Å². The number of methoxy groups -OCH3 is 1. The van der Waals surface area contributed by atoms with Crippen molar-refractivity contribution in [3.05, 3.63) is 46.2 Å². The highest BCUT2D eigenvalue weighted by atomic mass is 35.5. The predicted octanol–water partition coefficient (Wildman–Crippen LogP) is 2.07. The maximum atomic E-state index is 13.2. The van der Waals surface area contributed by atoms with E-state index in [-0.39, 0.29) is 10.5 Å². The molecule has 0 atom stereocenters. The summed E-state index contributed by atoms with van der Waals surface area (Å²) < 4.78 is 34.3. The Hall–Kier alpha value is -1.94. The van der Waals surface area contributed by atoms with Crippen molar-refractivity contribution >= 4 is 27.6 Å². The first-order valence-electron chi connectivity index (χ1n) is 9.33. The lowest BCUT2D eigenvalue weighted by Gasteiger charge is -2.22. The number of benzene rings is 1. The summed E-state index contributed by atoms with van der Waals surface area (Å²) in [7, 11) is -0.779. The van der Waals surface area contributed by atoms with Gasteiger partial charge >= 0.3 is 5.97 Å². The van der Waals surface area contributed by atoms with E-state index < -0.39 is 16.0 Å². The fourth-order valence-corrected chi connectivity index (χ4v) is 5.42. The van der Waals surface area contributed by atoms with Crippen molar-refractivity contribution in [3.8, 4) is 0 Å². The molecule has 0 bridgehead atoms. The van der Waals surface area contributed by atoms with Gasteiger partial charge in [-0.05, 0) is 32.0 Å². The second-order valence-electron chi connectivity index (χ2n) is 7.00. The molecule has 2 heterocycles. The first kappa shape index (κ1) is 21.8. The Balaban J connectivity index is 1.78. The zero-order valence-corrected chi connectivity index (χ0v) is 18.3. The number of nitrogens with zero attached hydrogens (tertiary/aromatic N) is 4. The van der Waals surface area contributed by atoms with E-state index >= 15 is 0 Å². The van der Waals surface area contributed by atoms with E-state index in [0.29, 0.717) is 37.8 Å². The number of aromatic nitrogens is 2. The minimum absolute atomic E-state index is 0.0218. The Morgan fingerprint density at radius 3 is 2.59 bits per heavy atom. The molecule has 0 spiro atoms. The number of sulfonamides is 1. The van der Waals surface area contributed by atoms with Crippen molar-refractivity contribution in [1.82, 2.24) is 19.0 Å². The minimum Gasteiger partial charge on any atom is -0.465 e. The van der Waals surface area contributed by atoms with Gasteiger partial charge in [-0.3, -0.25) is 9.58 Å². The number of aryl methyl sites for hydroxylation is 2. The fraction of sp³-hybridized carbons (Fsp3) is 0.474. The summed E-state index contributed by atoms with van der Waals surface area (Å²) in [4.78, 5) is 14.2. The smallest absolute Gasteiger partial charge is 0.339 e. The molecule has 1 aromatic heterocycles. The van der Waals surface area contributed by atoms with Crippen LogP contribution in [-0.4, -0.2) is 66.7 Å². The van der Waals surface area contributed by atoms with Crippen molar-refractivity contribution in [1.29, 1.82) is 0 Å². The van der Waals surface area contributed by atoms with E-state index in [0.717, 1.165) is 17.8 Å². The number of hydrogen-bond acceptors (Lipinski definition) is 6. The molecule has 0 amide bonds. The molecule has 0 aliphatic carbocycles. The summed E-state index contributed by atoms with van der Waals surface area (Å²) in [6.07, 6.45) is 0.677. The highest BCUT2D eigenvalue weighted by molar-refractivity contribution is 7.89. The van der Waals surface area contributed by atoms with Crippen molar-refractivity contribution < 1.29 is 17.9 Å². The molecule has 1 aliphatic heterocycles. The standard InChI is InChI=1S/C19H25ClN4O4S/c1-14-16(18(20)22(2)21-14)13-23-9-6-10-24(12-11-23)29(26,27)17-8-5-4-7-15(17)19(25)28-3/h4-5,7-8H,6,9-13H2,1-3H3. The lowest BCUT2D eigenvalue weighted by Crippen LogP contribution is -2.35. The van der Waals surface area contributed by atoms with Crippen LogP contribution in [0.15, 0.2) is 29.2 Å². The van der Waals surface area contributed by atoms with Crippen LogP contribution in [-0.2, 0) is 28.4 Å². The highest BCUT2D eigenvalue weighted by Crippen LogP contribution is 2.24. The van der Waals surface area contributed by atoms with Crippen molar-refractivity contribution in [2.24, 2.45) is 7.05 Å². The molecule has 29 heavy (non-hydrogen) atoms. The molecule has 0 saturated carbocycles. The molecule has 0 radical (unpaired) electrons. The van der Waals surface area contributed by atoms with E-state index in [1.54, 1.807) is 23.9 Å². The van der Waals surface area contributed by atoms with Gasteiger partial charge in [-0.25, -0.2) is 13.2 Å².